The lowest BCUT2D eigenvalue weighted by molar-refractivity contribution is -0.160. The zero-order valence-electron chi connectivity index (χ0n) is 14.6. The number of esters is 1. The molecule has 1 N–H and O–H groups in total. The van der Waals surface area contributed by atoms with Gasteiger partial charge in [-0.2, -0.15) is 0 Å². The van der Waals surface area contributed by atoms with Crippen LogP contribution in [0, 0.1) is 0 Å². The molecule has 0 aromatic heterocycles. The second-order valence-electron chi connectivity index (χ2n) is 6.30. The molecule has 2 amide bonds. The summed E-state index contributed by atoms with van der Waals surface area (Å²) in [6.07, 6.45) is -0.00687. The number of rotatable bonds is 5. The van der Waals surface area contributed by atoms with E-state index >= 15 is 0 Å². The molecule has 8 nitrogen and oxygen atoms in total. The maximum atomic E-state index is 12.6. The maximum Gasteiger partial charge on any atom is 0.410 e. The molecule has 0 radical (unpaired) electrons. The van der Waals surface area contributed by atoms with Gasteiger partial charge in [0.2, 0.25) is 12.2 Å². The van der Waals surface area contributed by atoms with Crippen LogP contribution in [0.2, 0.25) is 0 Å². The number of hydrogen-bond acceptors (Lipinski definition) is 6. The number of carbonyl (C=O) groups excluding carboxylic acids is 3. The van der Waals surface area contributed by atoms with E-state index in [-0.39, 0.29) is 18.9 Å². The molecule has 2 aliphatic heterocycles. The summed E-state index contributed by atoms with van der Waals surface area (Å²) in [5.41, 5.74) is 0.880. The first-order valence-corrected chi connectivity index (χ1v) is 8.58. The van der Waals surface area contributed by atoms with Crippen LogP contribution in [0.3, 0.4) is 0 Å². The number of benzene rings is 1. The fraction of sp³-hybridized carbons (Fsp3) is 0.500. The first-order chi connectivity index (χ1) is 12.6. The Balaban J connectivity index is 1.56. The first kappa shape index (κ1) is 18.2. The van der Waals surface area contributed by atoms with Crippen LogP contribution in [0.4, 0.5) is 4.79 Å². The standard InChI is InChI=1S/C18H22N2O6/c1-24-17-13(10-15(21)26-17)19-16(22)14-8-5-9-20(14)18(23)25-11-12-6-3-2-4-7-12/h2-4,6-7,13-14,17H,5,8-11H2,1H3,(H,19,22)/t13-,14-,17-/m0/s1. The molecule has 0 bridgehead atoms. The molecule has 0 aliphatic carbocycles. The zero-order chi connectivity index (χ0) is 18.5. The van der Waals surface area contributed by atoms with Crippen molar-refractivity contribution in [2.45, 2.75) is 44.2 Å². The highest BCUT2D eigenvalue weighted by molar-refractivity contribution is 5.87. The van der Waals surface area contributed by atoms with Gasteiger partial charge in [-0.15, -0.1) is 0 Å². The average molecular weight is 362 g/mol. The molecule has 140 valence electrons. The quantitative estimate of drug-likeness (QED) is 0.791. The van der Waals surface area contributed by atoms with Crippen molar-refractivity contribution in [2.24, 2.45) is 0 Å². The molecule has 0 spiro atoms. The molecule has 1 aromatic rings. The van der Waals surface area contributed by atoms with Gasteiger partial charge in [0.05, 0.1) is 6.42 Å². The van der Waals surface area contributed by atoms with Crippen LogP contribution in [0.1, 0.15) is 24.8 Å². The smallest absolute Gasteiger partial charge is 0.410 e. The van der Waals surface area contributed by atoms with E-state index in [0.717, 1.165) is 5.56 Å². The fourth-order valence-corrected chi connectivity index (χ4v) is 3.21. The van der Waals surface area contributed by atoms with E-state index in [2.05, 4.69) is 5.32 Å². The molecule has 0 unspecified atom stereocenters. The van der Waals surface area contributed by atoms with E-state index in [9.17, 15) is 14.4 Å². The van der Waals surface area contributed by atoms with Crippen molar-refractivity contribution in [3.8, 4) is 0 Å². The Kier molecular flexibility index (Phi) is 5.72. The fourth-order valence-electron chi connectivity index (χ4n) is 3.21. The Hall–Kier alpha value is -2.61. The summed E-state index contributed by atoms with van der Waals surface area (Å²) in [4.78, 5) is 37.7. The minimum atomic E-state index is -0.800. The number of amides is 2. The molecule has 1 aromatic carbocycles. The molecule has 2 fully saturated rings. The average Bonchev–Trinajstić information content (AvgIpc) is 3.27. The van der Waals surface area contributed by atoms with Crippen LogP contribution in [-0.4, -0.2) is 54.9 Å². The third-order valence-corrected chi connectivity index (χ3v) is 4.52. The largest absolute Gasteiger partial charge is 0.445 e. The second-order valence-corrected chi connectivity index (χ2v) is 6.30. The van der Waals surface area contributed by atoms with E-state index in [1.54, 1.807) is 0 Å². The van der Waals surface area contributed by atoms with Crippen LogP contribution in [0.5, 0.6) is 0 Å². The van der Waals surface area contributed by atoms with Crippen molar-refractivity contribution in [1.29, 1.82) is 0 Å². The third kappa shape index (κ3) is 4.13. The highest BCUT2D eigenvalue weighted by Crippen LogP contribution is 2.21. The van der Waals surface area contributed by atoms with Gasteiger partial charge >= 0.3 is 12.1 Å². The van der Waals surface area contributed by atoms with E-state index in [1.165, 1.54) is 12.0 Å². The van der Waals surface area contributed by atoms with Gasteiger partial charge in [-0.05, 0) is 18.4 Å². The highest BCUT2D eigenvalue weighted by atomic mass is 16.7. The van der Waals surface area contributed by atoms with Crippen molar-refractivity contribution >= 4 is 18.0 Å². The second kappa shape index (κ2) is 8.18. The van der Waals surface area contributed by atoms with Crippen LogP contribution in [0.25, 0.3) is 0 Å². The Bertz CT molecular complexity index is 665. The predicted octanol–water partition coefficient (Wildman–Crippen LogP) is 1.19. The van der Waals surface area contributed by atoms with Gasteiger partial charge in [-0.1, -0.05) is 30.3 Å². The van der Waals surface area contributed by atoms with E-state index in [1.807, 2.05) is 30.3 Å². The minimum Gasteiger partial charge on any atom is -0.445 e. The Morgan fingerprint density at radius 2 is 2.08 bits per heavy atom. The molecule has 2 heterocycles. The number of hydrogen-bond donors (Lipinski definition) is 1. The van der Waals surface area contributed by atoms with Crippen molar-refractivity contribution in [1.82, 2.24) is 10.2 Å². The van der Waals surface area contributed by atoms with Crippen molar-refractivity contribution in [3.05, 3.63) is 35.9 Å². The summed E-state index contributed by atoms with van der Waals surface area (Å²) < 4.78 is 15.3. The third-order valence-electron chi connectivity index (χ3n) is 4.52. The van der Waals surface area contributed by atoms with Gasteiger partial charge in [0, 0.05) is 13.7 Å². The number of nitrogens with one attached hydrogen (secondary N) is 1. The Morgan fingerprint density at radius 1 is 1.31 bits per heavy atom. The van der Waals surface area contributed by atoms with E-state index < -0.39 is 30.4 Å². The lowest BCUT2D eigenvalue weighted by Gasteiger charge is -2.25. The van der Waals surface area contributed by atoms with Crippen molar-refractivity contribution in [3.63, 3.8) is 0 Å². The van der Waals surface area contributed by atoms with Gasteiger partial charge in [-0.3, -0.25) is 14.5 Å². The summed E-state index contributed by atoms with van der Waals surface area (Å²) in [7, 11) is 1.41. The summed E-state index contributed by atoms with van der Waals surface area (Å²) >= 11 is 0. The molecule has 2 aliphatic rings. The number of ether oxygens (including phenoxy) is 3. The van der Waals surface area contributed by atoms with Gasteiger partial charge in [0.15, 0.2) is 0 Å². The Morgan fingerprint density at radius 3 is 2.81 bits per heavy atom. The molecular formula is C18H22N2O6. The highest BCUT2D eigenvalue weighted by Gasteiger charge is 2.40. The van der Waals surface area contributed by atoms with Crippen LogP contribution < -0.4 is 5.32 Å². The number of nitrogens with zero attached hydrogens (tertiary/aromatic N) is 1. The summed E-state index contributed by atoms with van der Waals surface area (Å²) in [5, 5.41) is 2.75. The van der Waals surface area contributed by atoms with Gasteiger partial charge < -0.3 is 19.5 Å². The number of methoxy groups -OCH3 is 1. The Labute approximate surface area is 151 Å². The molecule has 2 saturated heterocycles. The van der Waals surface area contributed by atoms with E-state index in [4.69, 9.17) is 14.2 Å². The SMILES string of the molecule is CO[C@H]1OC(=O)C[C@@H]1NC(=O)[C@@H]1CCCN1C(=O)OCc1ccccc1. The molecule has 26 heavy (non-hydrogen) atoms. The lowest BCUT2D eigenvalue weighted by atomic mass is 10.1. The van der Waals surface area contributed by atoms with Gasteiger partial charge in [-0.25, -0.2) is 4.79 Å². The molecular weight excluding hydrogens is 340 g/mol. The topological polar surface area (TPSA) is 94.2 Å². The minimum absolute atomic E-state index is 0.0510. The van der Waals surface area contributed by atoms with E-state index in [0.29, 0.717) is 19.4 Å². The molecule has 0 saturated carbocycles. The normalized spacial score (nSPS) is 25.0. The number of carbonyl (C=O) groups is 3. The van der Waals surface area contributed by atoms with Gasteiger partial charge in [0.1, 0.15) is 18.7 Å². The molecule has 8 heteroatoms. The summed E-state index contributed by atoms with van der Waals surface area (Å²) in [6, 6.07) is 8.18. The molecule has 3 rings (SSSR count). The monoisotopic (exact) mass is 362 g/mol. The molecule has 3 atom stereocenters. The van der Waals surface area contributed by atoms with Crippen LogP contribution in [0.15, 0.2) is 30.3 Å². The van der Waals surface area contributed by atoms with Crippen LogP contribution in [-0.2, 0) is 30.4 Å². The number of cyclic esters (lactones) is 1. The summed E-state index contributed by atoms with van der Waals surface area (Å²) in [6.45, 7) is 0.612. The lowest BCUT2D eigenvalue weighted by Crippen LogP contribution is -2.51. The predicted molar refractivity (Wildman–Crippen MR) is 89.8 cm³/mol. The van der Waals surface area contributed by atoms with Crippen molar-refractivity contribution < 1.29 is 28.6 Å². The summed E-state index contributed by atoms with van der Waals surface area (Å²) in [5.74, 6) is -0.753. The first-order valence-electron chi connectivity index (χ1n) is 8.58. The van der Waals surface area contributed by atoms with Crippen molar-refractivity contribution in [2.75, 3.05) is 13.7 Å². The zero-order valence-corrected chi connectivity index (χ0v) is 14.6. The number of likely N-dealkylation sites (tertiary alicyclic amines) is 1. The van der Waals surface area contributed by atoms with Crippen LogP contribution >= 0.6 is 0 Å². The van der Waals surface area contributed by atoms with Gasteiger partial charge in [0.25, 0.3) is 0 Å². The maximum absolute atomic E-state index is 12.6.